The summed E-state index contributed by atoms with van der Waals surface area (Å²) in [5.41, 5.74) is 0.998. The average molecular weight is 160 g/mol. The van der Waals surface area contributed by atoms with Crippen LogP contribution in [0.5, 0.6) is 0 Å². The van der Waals surface area contributed by atoms with Crippen molar-refractivity contribution in [2.24, 2.45) is 0 Å². The van der Waals surface area contributed by atoms with Crippen molar-refractivity contribution < 1.29 is 4.79 Å². The van der Waals surface area contributed by atoms with Crippen LogP contribution < -0.4 is 5.32 Å². The summed E-state index contributed by atoms with van der Waals surface area (Å²) in [5, 5.41) is 2.50. The molecule has 0 unspecified atom stereocenters. The van der Waals surface area contributed by atoms with Crippen LogP contribution in [0.1, 0.15) is 5.56 Å². The van der Waals surface area contributed by atoms with Crippen LogP contribution in [0.4, 0.5) is 0 Å². The third kappa shape index (κ3) is 2.58. The minimum absolute atomic E-state index is 0.0946. The van der Waals surface area contributed by atoms with Gasteiger partial charge in [-0.05, 0) is 17.7 Å². The second kappa shape index (κ2) is 4.34. The fourth-order valence-corrected chi connectivity index (χ4v) is 0.766. The predicted octanol–water partition coefficient (Wildman–Crippen LogP) is 1.25. The van der Waals surface area contributed by atoms with E-state index in [2.05, 4.69) is 11.4 Å². The Morgan fingerprint density at radius 2 is 2.17 bits per heavy atom. The van der Waals surface area contributed by atoms with Gasteiger partial charge in [-0.15, -0.1) is 0 Å². The molecule has 1 amide bonds. The fraction of sp³-hybridized carbons (Fsp3) is 0.100. The number of nitrogens with one attached hydrogen (secondary N) is 1. The molecule has 1 radical (unpaired) electrons. The van der Waals surface area contributed by atoms with Crippen LogP contribution in [0, 0.1) is 6.07 Å². The number of rotatable bonds is 2. The Morgan fingerprint density at radius 1 is 1.50 bits per heavy atom. The van der Waals surface area contributed by atoms with Gasteiger partial charge in [0.1, 0.15) is 0 Å². The normalized spacial score (nSPS) is 10.1. The van der Waals surface area contributed by atoms with Crippen LogP contribution in [0.15, 0.2) is 30.3 Å². The van der Waals surface area contributed by atoms with Crippen molar-refractivity contribution in [2.45, 2.75) is 0 Å². The number of benzene rings is 1. The molecule has 0 heterocycles. The minimum Gasteiger partial charge on any atom is -0.356 e. The predicted molar refractivity (Wildman–Crippen MR) is 48.4 cm³/mol. The number of hydrogen-bond acceptors (Lipinski definition) is 1. The summed E-state index contributed by atoms with van der Waals surface area (Å²) in [5.74, 6) is -0.0946. The smallest absolute Gasteiger partial charge is 0.243 e. The zero-order chi connectivity index (χ0) is 8.81. The van der Waals surface area contributed by atoms with Gasteiger partial charge in [-0.1, -0.05) is 24.3 Å². The van der Waals surface area contributed by atoms with E-state index < -0.39 is 0 Å². The van der Waals surface area contributed by atoms with Gasteiger partial charge in [-0.2, -0.15) is 0 Å². The Morgan fingerprint density at radius 3 is 2.75 bits per heavy atom. The van der Waals surface area contributed by atoms with Crippen LogP contribution >= 0.6 is 0 Å². The first kappa shape index (κ1) is 8.53. The van der Waals surface area contributed by atoms with Gasteiger partial charge in [0.05, 0.1) is 0 Å². The molecule has 0 aromatic heterocycles. The molecule has 1 rings (SSSR count). The molecular formula is C10H10NO. The maximum Gasteiger partial charge on any atom is 0.243 e. The molecule has 1 aromatic rings. The highest BCUT2D eigenvalue weighted by molar-refractivity contribution is 5.91. The molecule has 0 aliphatic heterocycles. The zero-order valence-corrected chi connectivity index (χ0v) is 6.87. The molecule has 1 aromatic carbocycles. The molecule has 1 N–H and O–H groups in total. The Hall–Kier alpha value is -1.57. The first-order valence-corrected chi connectivity index (χ1v) is 3.69. The number of amides is 1. The molecule has 2 heteroatoms. The van der Waals surface area contributed by atoms with E-state index in [1.165, 1.54) is 6.08 Å². The molecule has 0 saturated carbocycles. The van der Waals surface area contributed by atoms with Crippen molar-refractivity contribution >= 4 is 12.0 Å². The van der Waals surface area contributed by atoms with Gasteiger partial charge < -0.3 is 5.32 Å². The molecule has 12 heavy (non-hydrogen) atoms. The van der Waals surface area contributed by atoms with Crippen LogP contribution in [0.25, 0.3) is 6.08 Å². The Balaban J connectivity index is 2.64. The maximum atomic E-state index is 10.8. The Labute approximate surface area is 71.9 Å². The molecule has 61 valence electrons. The molecular weight excluding hydrogens is 150 g/mol. The standard InChI is InChI=1S/C10H10NO/c1-11-10(12)8-7-9-5-3-2-4-6-9/h3-8H,1H3,(H,11,12)/b8-7+. The van der Waals surface area contributed by atoms with Crippen molar-refractivity contribution in [3.63, 3.8) is 0 Å². The van der Waals surface area contributed by atoms with Crippen LogP contribution in [0.3, 0.4) is 0 Å². The molecule has 0 spiro atoms. The van der Waals surface area contributed by atoms with Crippen molar-refractivity contribution in [3.8, 4) is 0 Å². The van der Waals surface area contributed by atoms with Gasteiger partial charge in [0.15, 0.2) is 0 Å². The summed E-state index contributed by atoms with van der Waals surface area (Å²) in [6.45, 7) is 0. The van der Waals surface area contributed by atoms with Gasteiger partial charge >= 0.3 is 0 Å². The minimum atomic E-state index is -0.0946. The summed E-state index contributed by atoms with van der Waals surface area (Å²) in [6, 6.07) is 10.3. The van der Waals surface area contributed by atoms with Gasteiger partial charge in [-0.3, -0.25) is 4.79 Å². The number of likely N-dealkylation sites (N-methyl/N-ethyl adjacent to an activating group) is 1. The third-order valence-corrected chi connectivity index (χ3v) is 1.42. The first-order valence-electron chi connectivity index (χ1n) is 3.69. The Kier molecular flexibility index (Phi) is 3.08. The zero-order valence-electron chi connectivity index (χ0n) is 6.87. The summed E-state index contributed by atoms with van der Waals surface area (Å²) in [4.78, 5) is 10.8. The highest BCUT2D eigenvalue weighted by atomic mass is 16.1. The quantitative estimate of drug-likeness (QED) is 0.648. The van der Waals surface area contributed by atoms with Crippen molar-refractivity contribution in [1.82, 2.24) is 5.32 Å². The second-order valence-electron chi connectivity index (χ2n) is 2.28. The number of hydrogen-bond donors (Lipinski definition) is 1. The lowest BCUT2D eigenvalue weighted by atomic mass is 10.2. The first-order chi connectivity index (χ1) is 5.83. The van der Waals surface area contributed by atoms with E-state index in [0.717, 1.165) is 5.56 Å². The van der Waals surface area contributed by atoms with Gasteiger partial charge in [0.25, 0.3) is 0 Å². The number of carbonyl (C=O) groups excluding carboxylic acids is 1. The average Bonchev–Trinajstić information content (AvgIpc) is 2.16. The summed E-state index contributed by atoms with van der Waals surface area (Å²) in [6.07, 6.45) is 3.25. The molecule has 0 fully saturated rings. The van der Waals surface area contributed by atoms with Crippen LogP contribution in [-0.2, 0) is 4.79 Å². The molecule has 2 nitrogen and oxygen atoms in total. The van der Waals surface area contributed by atoms with E-state index in [4.69, 9.17) is 0 Å². The highest BCUT2D eigenvalue weighted by Crippen LogP contribution is 1.99. The third-order valence-electron chi connectivity index (χ3n) is 1.42. The molecule has 0 atom stereocenters. The van der Waals surface area contributed by atoms with Gasteiger partial charge in [0, 0.05) is 13.1 Å². The SMILES string of the molecule is CNC(=O)/C=C/c1cc[c]cc1. The molecule has 0 saturated heterocycles. The maximum absolute atomic E-state index is 10.8. The summed E-state index contributed by atoms with van der Waals surface area (Å²) >= 11 is 0. The largest absolute Gasteiger partial charge is 0.356 e. The van der Waals surface area contributed by atoms with E-state index in [1.54, 1.807) is 13.1 Å². The molecule has 0 bridgehead atoms. The second-order valence-corrected chi connectivity index (χ2v) is 2.28. The fourth-order valence-electron chi connectivity index (χ4n) is 0.766. The Bertz CT molecular complexity index is 277. The highest BCUT2D eigenvalue weighted by Gasteiger charge is 1.87. The lowest BCUT2D eigenvalue weighted by Crippen LogP contribution is -2.13. The topological polar surface area (TPSA) is 29.1 Å². The van der Waals surface area contributed by atoms with Crippen molar-refractivity contribution in [1.29, 1.82) is 0 Å². The van der Waals surface area contributed by atoms with E-state index in [1.807, 2.05) is 24.3 Å². The van der Waals surface area contributed by atoms with E-state index in [9.17, 15) is 4.79 Å². The molecule has 0 aliphatic carbocycles. The molecule has 0 aliphatic rings. The van der Waals surface area contributed by atoms with E-state index >= 15 is 0 Å². The summed E-state index contributed by atoms with van der Waals surface area (Å²) < 4.78 is 0. The monoisotopic (exact) mass is 160 g/mol. The lowest BCUT2D eigenvalue weighted by molar-refractivity contribution is -0.115. The van der Waals surface area contributed by atoms with Crippen LogP contribution in [0.2, 0.25) is 0 Å². The van der Waals surface area contributed by atoms with Crippen LogP contribution in [-0.4, -0.2) is 13.0 Å². The van der Waals surface area contributed by atoms with Gasteiger partial charge in [-0.25, -0.2) is 0 Å². The van der Waals surface area contributed by atoms with Gasteiger partial charge in [0.2, 0.25) is 5.91 Å². The van der Waals surface area contributed by atoms with E-state index in [0.29, 0.717) is 0 Å². The van der Waals surface area contributed by atoms with Crippen molar-refractivity contribution in [3.05, 3.63) is 42.0 Å². The van der Waals surface area contributed by atoms with Crippen molar-refractivity contribution in [2.75, 3.05) is 7.05 Å². The lowest BCUT2D eigenvalue weighted by Gasteiger charge is -1.91. The summed E-state index contributed by atoms with van der Waals surface area (Å²) in [7, 11) is 1.60. The van der Waals surface area contributed by atoms with E-state index in [-0.39, 0.29) is 5.91 Å². The number of carbonyl (C=O) groups is 1.